The number of hydrogen-bond acceptors (Lipinski definition) is 4. The highest BCUT2D eigenvalue weighted by Crippen LogP contribution is 2.12. The second kappa shape index (κ2) is 3.62. The maximum absolute atomic E-state index is 11.2. The lowest BCUT2D eigenvalue weighted by Gasteiger charge is -1.94. The third-order valence-electron chi connectivity index (χ3n) is 1.53. The van der Waals surface area contributed by atoms with E-state index in [0.29, 0.717) is 5.69 Å². The molecule has 1 aromatic heterocycles. The normalized spacial score (nSPS) is 9.92. The molecule has 0 saturated heterocycles. The van der Waals surface area contributed by atoms with Crippen molar-refractivity contribution in [2.45, 2.75) is 0 Å². The largest absolute Gasteiger partial charge is 0.372 e. The first-order valence-electron chi connectivity index (χ1n) is 3.49. The van der Waals surface area contributed by atoms with Crippen molar-refractivity contribution in [1.29, 1.82) is 0 Å². The third-order valence-corrected chi connectivity index (χ3v) is 2.11. The molecule has 0 atom stereocenters. The first-order chi connectivity index (χ1) is 5.69. The highest BCUT2D eigenvalue weighted by molar-refractivity contribution is 8.13. The van der Waals surface area contributed by atoms with Crippen LogP contribution < -0.4 is 5.32 Å². The van der Waals surface area contributed by atoms with Crippen molar-refractivity contribution in [3.63, 3.8) is 0 Å². The van der Waals surface area contributed by atoms with Crippen LogP contribution in [0.2, 0.25) is 0 Å². The predicted octanol–water partition coefficient (Wildman–Crippen LogP) is 0.965. The summed E-state index contributed by atoms with van der Waals surface area (Å²) >= 11 is 1.19. The number of nitrogens with zero attached hydrogens (tertiary/aromatic N) is 2. The molecule has 0 aliphatic heterocycles. The number of carbonyl (C=O) groups is 1. The Bertz CT molecular complexity index is 295. The smallest absolute Gasteiger partial charge is 0.237 e. The molecule has 0 aliphatic carbocycles. The number of hydrogen-bond donors (Lipinski definition) is 1. The average Bonchev–Trinajstić information content (AvgIpc) is 2.45. The van der Waals surface area contributed by atoms with Crippen molar-refractivity contribution >= 4 is 22.7 Å². The summed E-state index contributed by atoms with van der Waals surface area (Å²) in [6, 6.07) is 1.73. The van der Waals surface area contributed by atoms with E-state index in [4.69, 9.17) is 0 Å². The van der Waals surface area contributed by atoms with Gasteiger partial charge in [-0.2, -0.15) is 5.10 Å². The molecular weight excluding hydrogens is 174 g/mol. The van der Waals surface area contributed by atoms with E-state index in [2.05, 4.69) is 10.4 Å². The van der Waals surface area contributed by atoms with Gasteiger partial charge in [0.2, 0.25) is 5.12 Å². The second-order valence-electron chi connectivity index (χ2n) is 2.28. The number of thioether (sulfide) groups is 1. The summed E-state index contributed by atoms with van der Waals surface area (Å²) in [5.41, 5.74) is 0.617. The van der Waals surface area contributed by atoms with Crippen LogP contribution in [0, 0.1) is 0 Å². The Morgan fingerprint density at radius 2 is 2.42 bits per heavy atom. The maximum Gasteiger partial charge on any atom is 0.237 e. The van der Waals surface area contributed by atoms with E-state index in [1.165, 1.54) is 11.8 Å². The van der Waals surface area contributed by atoms with Gasteiger partial charge in [-0.15, -0.1) is 0 Å². The summed E-state index contributed by atoms with van der Waals surface area (Å²) in [5, 5.41) is 6.98. The number of aryl methyl sites for hydroxylation is 1. The Labute approximate surface area is 75.3 Å². The summed E-state index contributed by atoms with van der Waals surface area (Å²) < 4.78 is 1.57. The van der Waals surface area contributed by atoms with E-state index >= 15 is 0 Å². The fourth-order valence-electron chi connectivity index (χ4n) is 0.885. The van der Waals surface area contributed by atoms with E-state index < -0.39 is 0 Å². The lowest BCUT2D eigenvalue weighted by Crippen LogP contribution is -2.02. The van der Waals surface area contributed by atoms with Crippen molar-refractivity contribution in [2.75, 3.05) is 18.6 Å². The Morgan fingerprint density at radius 3 is 2.83 bits per heavy atom. The number of aromatic nitrogens is 2. The Balaban J connectivity index is 2.99. The number of nitrogens with one attached hydrogen (secondary N) is 1. The van der Waals surface area contributed by atoms with Crippen molar-refractivity contribution in [3.8, 4) is 0 Å². The molecular formula is C7H11N3OS. The molecule has 66 valence electrons. The third kappa shape index (κ3) is 1.61. The van der Waals surface area contributed by atoms with Crippen LogP contribution >= 0.6 is 11.8 Å². The molecule has 0 unspecified atom stereocenters. The summed E-state index contributed by atoms with van der Waals surface area (Å²) in [4.78, 5) is 11.2. The lowest BCUT2D eigenvalue weighted by molar-refractivity contribution is 0.108. The SMILES string of the molecule is CNc1cc(C(=O)SC)n(C)n1. The standard InChI is InChI=1S/C7H11N3OS/c1-8-6-4-5(7(11)12-3)10(2)9-6/h4H,1-3H3,(H,8,9). The van der Waals surface area contributed by atoms with Gasteiger partial charge in [0.1, 0.15) is 11.5 Å². The topological polar surface area (TPSA) is 46.9 Å². The molecule has 1 heterocycles. The van der Waals surface area contributed by atoms with E-state index in [1.54, 1.807) is 31.1 Å². The minimum Gasteiger partial charge on any atom is -0.372 e. The highest BCUT2D eigenvalue weighted by Gasteiger charge is 2.10. The molecule has 0 saturated carbocycles. The maximum atomic E-state index is 11.2. The summed E-state index contributed by atoms with van der Waals surface area (Å²) in [6.45, 7) is 0. The van der Waals surface area contributed by atoms with Crippen LogP contribution in [0.15, 0.2) is 6.07 Å². The molecule has 0 aromatic carbocycles. The lowest BCUT2D eigenvalue weighted by atomic mass is 10.4. The molecule has 0 fully saturated rings. The molecule has 0 spiro atoms. The molecule has 0 bridgehead atoms. The van der Waals surface area contributed by atoms with Gasteiger partial charge >= 0.3 is 0 Å². The van der Waals surface area contributed by atoms with Crippen LogP contribution in [0.25, 0.3) is 0 Å². The minimum atomic E-state index is 0.0338. The van der Waals surface area contributed by atoms with Gasteiger partial charge in [0.15, 0.2) is 0 Å². The summed E-state index contributed by atoms with van der Waals surface area (Å²) in [7, 11) is 3.53. The van der Waals surface area contributed by atoms with Crippen molar-refractivity contribution in [3.05, 3.63) is 11.8 Å². The Hall–Kier alpha value is -0.970. The van der Waals surface area contributed by atoms with Gasteiger partial charge < -0.3 is 5.32 Å². The zero-order chi connectivity index (χ0) is 9.14. The number of anilines is 1. The monoisotopic (exact) mass is 185 g/mol. The van der Waals surface area contributed by atoms with Crippen LogP contribution in [0.1, 0.15) is 10.5 Å². The molecule has 4 nitrogen and oxygen atoms in total. The van der Waals surface area contributed by atoms with E-state index in [9.17, 15) is 4.79 Å². The van der Waals surface area contributed by atoms with Crippen LogP contribution in [0.5, 0.6) is 0 Å². The molecule has 1 aromatic rings. The summed E-state index contributed by atoms with van der Waals surface area (Å²) in [5.74, 6) is 0.718. The highest BCUT2D eigenvalue weighted by atomic mass is 32.2. The molecule has 1 rings (SSSR count). The molecule has 0 amide bonds. The zero-order valence-corrected chi connectivity index (χ0v) is 8.10. The molecule has 0 radical (unpaired) electrons. The molecule has 12 heavy (non-hydrogen) atoms. The van der Waals surface area contributed by atoms with E-state index in [1.807, 2.05) is 0 Å². The van der Waals surface area contributed by atoms with Crippen LogP contribution in [-0.4, -0.2) is 28.2 Å². The molecule has 0 aliphatic rings. The number of carbonyl (C=O) groups excluding carboxylic acids is 1. The average molecular weight is 185 g/mol. The minimum absolute atomic E-state index is 0.0338. The van der Waals surface area contributed by atoms with E-state index in [0.717, 1.165) is 5.82 Å². The van der Waals surface area contributed by atoms with Gasteiger partial charge in [0.05, 0.1) is 0 Å². The quantitative estimate of drug-likeness (QED) is 0.745. The van der Waals surface area contributed by atoms with Crippen molar-refractivity contribution < 1.29 is 4.79 Å². The Morgan fingerprint density at radius 1 is 1.75 bits per heavy atom. The molecule has 5 heteroatoms. The fraction of sp³-hybridized carbons (Fsp3) is 0.429. The zero-order valence-electron chi connectivity index (χ0n) is 7.29. The van der Waals surface area contributed by atoms with Crippen LogP contribution in [0.4, 0.5) is 5.82 Å². The van der Waals surface area contributed by atoms with Gasteiger partial charge in [-0.3, -0.25) is 9.48 Å². The van der Waals surface area contributed by atoms with Crippen LogP contribution in [-0.2, 0) is 7.05 Å². The molecule has 1 N–H and O–H groups in total. The summed E-state index contributed by atoms with van der Waals surface area (Å²) in [6.07, 6.45) is 1.76. The van der Waals surface area contributed by atoms with Gasteiger partial charge in [0.25, 0.3) is 0 Å². The van der Waals surface area contributed by atoms with Crippen molar-refractivity contribution in [2.24, 2.45) is 7.05 Å². The van der Waals surface area contributed by atoms with Crippen molar-refractivity contribution in [1.82, 2.24) is 9.78 Å². The number of rotatable bonds is 2. The van der Waals surface area contributed by atoms with E-state index in [-0.39, 0.29) is 5.12 Å². The van der Waals surface area contributed by atoms with Gasteiger partial charge in [-0.25, -0.2) is 0 Å². The van der Waals surface area contributed by atoms with Gasteiger partial charge in [-0.1, -0.05) is 11.8 Å². The van der Waals surface area contributed by atoms with Gasteiger partial charge in [0, 0.05) is 20.2 Å². The first-order valence-corrected chi connectivity index (χ1v) is 4.71. The predicted molar refractivity (Wildman–Crippen MR) is 50.6 cm³/mol. The fourth-order valence-corrected chi connectivity index (χ4v) is 1.29. The Kier molecular flexibility index (Phi) is 2.75. The second-order valence-corrected chi connectivity index (χ2v) is 3.06. The first kappa shape index (κ1) is 9.12. The van der Waals surface area contributed by atoms with Gasteiger partial charge in [-0.05, 0) is 6.26 Å². The van der Waals surface area contributed by atoms with Crippen LogP contribution in [0.3, 0.4) is 0 Å².